The van der Waals surface area contributed by atoms with Crippen molar-refractivity contribution in [1.82, 2.24) is 23.8 Å². The highest BCUT2D eigenvalue weighted by molar-refractivity contribution is 7.44. The molecule has 0 spiro atoms. The second-order valence-electron chi connectivity index (χ2n) is 15.4. The molecule has 0 N–H and O–H groups in total. The van der Waals surface area contributed by atoms with Gasteiger partial charge in [-0.1, -0.05) is 0 Å². The van der Waals surface area contributed by atoms with Crippen molar-refractivity contribution < 1.29 is 47.1 Å². The monoisotopic (exact) mass is 901 g/mol. The van der Waals surface area contributed by atoms with Crippen molar-refractivity contribution in [2.45, 2.75) is 73.1 Å². The molecule has 3 aromatic carbocycles. The number of fused-ring (bicyclic) bond motifs is 2. The van der Waals surface area contributed by atoms with Crippen LogP contribution >= 0.6 is 8.53 Å². The van der Waals surface area contributed by atoms with Gasteiger partial charge in [0.2, 0.25) is 0 Å². The highest BCUT2D eigenvalue weighted by atomic mass is 31.2. The number of hydrogen-bond acceptors (Lipinski definition) is 15. The minimum absolute atomic E-state index is 0.170. The molecule has 0 amide bonds. The van der Waals surface area contributed by atoms with Gasteiger partial charge in [0, 0.05) is 42.0 Å². The maximum Gasteiger partial charge on any atom is 0.420 e. The fourth-order valence-corrected chi connectivity index (χ4v) is 8.91. The standard InChI is InChI=1S/C46H60N7O10P/c1-8-58-45(54)51-41-17-13-36(44-49-40-30-37(50-20-23-56-24-21-50)14-18-42(40)52(44)46(55)59-9-2)29-39(41)48-43(51)35-11-15-38(16-12-35)61-27-26-60-34(7)31-57-25-28-63-64(62-22-10-19-47)53(32(3)4)33(5)6/h11-18,29-30,32-34H,8-10,20-28,31H2,1-7H3. The second kappa shape index (κ2) is 23.7. The van der Waals surface area contributed by atoms with Crippen LogP contribution in [0.2, 0.25) is 0 Å². The summed E-state index contributed by atoms with van der Waals surface area (Å²) in [6.45, 7) is 19.1. The Hall–Kier alpha value is -5.18. The zero-order valence-corrected chi connectivity index (χ0v) is 38.8. The average Bonchev–Trinajstić information content (AvgIpc) is 3.87. The number of nitriles is 1. The van der Waals surface area contributed by atoms with Crippen LogP contribution in [-0.2, 0) is 32.7 Å². The summed E-state index contributed by atoms with van der Waals surface area (Å²) in [5.41, 5.74) is 4.58. The van der Waals surface area contributed by atoms with Gasteiger partial charge in [-0.25, -0.2) is 33.4 Å². The average molecular weight is 902 g/mol. The third-order valence-electron chi connectivity index (χ3n) is 10.1. The lowest BCUT2D eigenvalue weighted by atomic mass is 10.2. The molecule has 344 valence electrons. The molecule has 0 aliphatic carbocycles. The maximum absolute atomic E-state index is 13.4. The summed E-state index contributed by atoms with van der Waals surface area (Å²) in [7, 11) is -1.32. The van der Waals surface area contributed by atoms with E-state index in [1.165, 1.54) is 9.13 Å². The van der Waals surface area contributed by atoms with E-state index >= 15 is 0 Å². The lowest BCUT2D eigenvalue weighted by molar-refractivity contribution is -0.0216. The van der Waals surface area contributed by atoms with E-state index in [4.69, 9.17) is 52.7 Å². The quantitative estimate of drug-likeness (QED) is 0.0476. The first kappa shape index (κ1) is 48.3. The number of aromatic nitrogens is 4. The number of hydrogen-bond donors (Lipinski definition) is 0. The predicted octanol–water partition coefficient (Wildman–Crippen LogP) is 8.66. The van der Waals surface area contributed by atoms with Crippen molar-refractivity contribution >= 4 is 48.5 Å². The molecule has 17 nitrogen and oxygen atoms in total. The lowest BCUT2D eigenvalue weighted by Gasteiger charge is -2.35. The fourth-order valence-electron chi connectivity index (χ4n) is 7.33. The first-order valence-electron chi connectivity index (χ1n) is 21.9. The third kappa shape index (κ3) is 12.1. The van der Waals surface area contributed by atoms with Gasteiger partial charge in [-0.15, -0.1) is 0 Å². The SMILES string of the molecule is CCOC(=O)n1c(-c2ccc(OCCOC(C)COCCOP(OCCC#N)N(C(C)C)C(C)C)cc2)nc2cc(-c3nc4cc(N5CCOCC5)ccc4n3C(=O)OCC)ccc21. The normalized spacial score (nSPS) is 14.1. The first-order valence-corrected chi connectivity index (χ1v) is 23.0. The highest BCUT2D eigenvalue weighted by Gasteiger charge is 2.28. The molecule has 6 rings (SSSR count). The van der Waals surface area contributed by atoms with Gasteiger partial charge >= 0.3 is 12.2 Å². The Balaban J connectivity index is 1.09. The van der Waals surface area contributed by atoms with E-state index in [0.29, 0.717) is 110 Å². The summed E-state index contributed by atoms with van der Waals surface area (Å²) >= 11 is 0. The summed E-state index contributed by atoms with van der Waals surface area (Å²) in [5, 5.41) is 8.93. The lowest BCUT2D eigenvalue weighted by Crippen LogP contribution is -2.36. The number of nitrogens with zero attached hydrogens (tertiary/aromatic N) is 7. The van der Waals surface area contributed by atoms with Crippen LogP contribution in [0.1, 0.15) is 54.9 Å². The molecule has 1 fully saturated rings. The van der Waals surface area contributed by atoms with Crippen molar-refractivity contribution in [1.29, 1.82) is 5.26 Å². The van der Waals surface area contributed by atoms with E-state index in [1.807, 2.05) is 61.5 Å². The van der Waals surface area contributed by atoms with Crippen LogP contribution in [-0.4, -0.2) is 133 Å². The van der Waals surface area contributed by atoms with Gasteiger partial charge in [0.15, 0.2) is 11.6 Å². The molecule has 0 saturated carbocycles. The van der Waals surface area contributed by atoms with Gasteiger partial charge in [-0.3, -0.25) is 0 Å². The minimum Gasteiger partial charge on any atom is -0.491 e. The van der Waals surface area contributed by atoms with Gasteiger partial charge in [0.25, 0.3) is 8.53 Å². The smallest absolute Gasteiger partial charge is 0.420 e. The number of benzene rings is 3. The van der Waals surface area contributed by atoms with Crippen molar-refractivity contribution in [2.24, 2.45) is 0 Å². The van der Waals surface area contributed by atoms with E-state index in [1.54, 1.807) is 19.9 Å². The summed E-state index contributed by atoms with van der Waals surface area (Å²) < 4.78 is 51.3. The molecule has 64 heavy (non-hydrogen) atoms. The maximum atomic E-state index is 13.4. The Morgan fingerprint density at radius 3 is 1.98 bits per heavy atom. The van der Waals surface area contributed by atoms with Crippen LogP contribution in [0.5, 0.6) is 5.75 Å². The molecule has 0 radical (unpaired) electrons. The van der Waals surface area contributed by atoms with Crippen LogP contribution in [0.25, 0.3) is 44.8 Å². The Morgan fingerprint density at radius 1 is 0.766 bits per heavy atom. The summed E-state index contributed by atoms with van der Waals surface area (Å²) in [4.78, 5) is 38.9. The van der Waals surface area contributed by atoms with Crippen molar-refractivity contribution in [3.8, 4) is 34.6 Å². The Labute approximate surface area is 376 Å². The Kier molecular flexibility index (Phi) is 17.9. The van der Waals surface area contributed by atoms with Crippen molar-refractivity contribution in [2.75, 3.05) is 84.1 Å². The minimum atomic E-state index is -1.32. The third-order valence-corrected chi connectivity index (χ3v) is 12.2. The molecular formula is C46H60N7O10P. The van der Waals surface area contributed by atoms with Gasteiger partial charge in [0.05, 0.1) is 100 Å². The number of imidazole rings is 2. The molecule has 1 aliphatic rings. The number of ether oxygens (including phenoxy) is 6. The number of carbonyl (C=O) groups is 2. The predicted molar refractivity (Wildman–Crippen MR) is 245 cm³/mol. The van der Waals surface area contributed by atoms with Crippen molar-refractivity contribution in [3.63, 3.8) is 0 Å². The van der Waals surface area contributed by atoms with Crippen LogP contribution < -0.4 is 9.64 Å². The van der Waals surface area contributed by atoms with E-state index < -0.39 is 20.7 Å². The molecule has 2 unspecified atom stereocenters. The number of carbonyl (C=O) groups excluding carboxylic acids is 2. The van der Waals surface area contributed by atoms with Crippen LogP contribution in [0.15, 0.2) is 60.7 Å². The van der Waals surface area contributed by atoms with Gasteiger partial charge in [-0.05, 0) is 109 Å². The largest absolute Gasteiger partial charge is 0.491 e. The summed E-state index contributed by atoms with van der Waals surface area (Å²) in [6, 6.07) is 21.1. The topological polar surface area (TPSA) is 174 Å². The first-order chi connectivity index (χ1) is 31.0. The molecule has 1 saturated heterocycles. The van der Waals surface area contributed by atoms with E-state index in [-0.39, 0.29) is 31.4 Å². The number of rotatable bonds is 22. The molecule has 3 heterocycles. The summed E-state index contributed by atoms with van der Waals surface area (Å²) in [5.74, 6) is 1.40. The zero-order chi connectivity index (χ0) is 45.6. The van der Waals surface area contributed by atoms with Gasteiger partial charge < -0.3 is 42.4 Å². The molecule has 18 heteroatoms. The van der Waals surface area contributed by atoms with E-state index in [0.717, 1.165) is 18.8 Å². The molecule has 5 aromatic rings. The molecule has 2 aromatic heterocycles. The second-order valence-corrected chi connectivity index (χ2v) is 16.9. The number of anilines is 1. The highest BCUT2D eigenvalue weighted by Crippen LogP contribution is 2.46. The fraction of sp³-hybridized carbons (Fsp3) is 0.500. The Morgan fingerprint density at radius 2 is 1.36 bits per heavy atom. The van der Waals surface area contributed by atoms with Crippen LogP contribution in [0.4, 0.5) is 15.3 Å². The van der Waals surface area contributed by atoms with E-state index in [9.17, 15) is 9.59 Å². The Bertz CT molecular complexity index is 2330. The molecule has 2 atom stereocenters. The summed E-state index contributed by atoms with van der Waals surface area (Å²) in [6.07, 6.45) is -0.976. The van der Waals surface area contributed by atoms with Crippen LogP contribution in [0, 0.1) is 11.3 Å². The number of morpholine rings is 1. The van der Waals surface area contributed by atoms with Gasteiger partial charge in [0.1, 0.15) is 12.4 Å². The van der Waals surface area contributed by atoms with E-state index in [2.05, 4.69) is 43.3 Å². The molecular weight excluding hydrogens is 842 g/mol. The van der Waals surface area contributed by atoms with Gasteiger partial charge in [-0.2, -0.15) is 5.26 Å². The van der Waals surface area contributed by atoms with Crippen LogP contribution in [0.3, 0.4) is 0 Å². The molecule has 1 aliphatic heterocycles. The van der Waals surface area contributed by atoms with Crippen molar-refractivity contribution in [3.05, 3.63) is 60.7 Å². The molecule has 0 bridgehead atoms. The zero-order valence-electron chi connectivity index (χ0n) is 37.9.